The van der Waals surface area contributed by atoms with Gasteiger partial charge < -0.3 is 15.6 Å². The highest BCUT2D eigenvalue weighted by atomic mass is 16.2. The van der Waals surface area contributed by atoms with Crippen molar-refractivity contribution in [3.05, 3.63) is 53.5 Å². The predicted molar refractivity (Wildman–Crippen MR) is 102 cm³/mol. The molecule has 0 aliphatic carbocycles. The van der Waals surface area contributed by atoms with E-state index in [-0.39, 0.29) is 11.8 Å². The number of carbonyl (C=O) groups is 1. The highest BCUT2D eigenvalue weighted by molar-refractivity contribution is 5.90. The lowest BCUT2D eigenvalue weighted by atomic mass is 9.94. The first-order valence-corrected chi connectivity index (χ1v) is 9.04. The Bertz CT molecular complexity index is 948. The largest absolute Gasteiger partial charge is 0.368 e. The number of H-pyrrole nitrogens is 1. The number of rotatable bonds is 3. The number of hydrogen-bond donors (Lipinski definition) is 2. The molecule has 1 atom stereocenters. The zero-order valence-corrected chi connectivity index (χ0v) is 14.9. The van der Waals surface area contributed by atoms with E-state index < -0.39 is 0 Å². The molecule has 26 heavy (non-hydrogen) atoms. The number of aromatic nitrogens is 3. The van der Waals surface area contributed by atoms with E-state index in [2.05, 4.69) is 21.0 Å². The molecular weight excluding hydrogens is 326 g/mol. The molecule has 3 heterocycles. The molecule has 1 aliphatic heterocycles. The fourth-order valence-corrected chi connectivity index (χ4v) is 3.89. The average molecular weight is 349 g/mol. The maximum Gasteiger partial charge on any atom is 0.227 e. The van der Waals surface area contributed by atoms with E-state index in [0.29, 0.717) is 18.9 Å². The van der Waals surface area contributed by atoms with Crippen LogP contribution in [0.3, 0.4) is 0 Å². The Morgan fingerprint density at radius 1 is 1.35 bits per heavy atom. The minimum Gasteiger partial charge on any atom is -0.368 e. The average Bonchev–Trinajstić information content (AvgIpc) is 2.97. The van der Waals surface area contributed by atoms with Crippen molar-refractivity contribution in [2.45, 2.75) is 32.1 Å². The molecule has 3 aromatic rings. The van der Waals surface area contributed by atoms with Crippen LogP contribution in [0.5, 0.6) is 0 Å². The second-order valence-corrected chi connectivity index (χ2v) is 6.97. The third kappa shape index (κ3) is 3.14. The molecule has 0 bridgehead atoms. The summed E-state index contributed by atoms with van der Waals surface area (Å²) in [6.45, 7) is 3.53. The molecule has 6 heteroatoms. The standard InChI is InChI=1S/C20H23N5O/c1-13-16(15-6-2-3-7-18(15)23-13)11-19(26)25-10-4-5-14(12-25)17-8-9-22-20(21)24-17/h2-3,6-9,14,23H,4-5,10-12H2,1H3,(H2,21,22,24). The number of benzene rings is 1. The first-order valence-electron chi connectivity index (χ1n) is 9.04. The number of likely N-dealkylation sites (tertiary alicyclic amines) is 1. The van der Waals surface area contributed by atoms with Crippen LogP contribution in [0.15, 0.2) is 36.5 Å². The number of aromatic amines is 1. The van der Waals surface area contributed by atoms with Gasteiger partial charge in [0, 0.05) is 41.8 Å². The molecule has 1 saturated heterocycles. The lowest BCUT2D eigenvalue weighted by Gasteiger charge is -2.32. The van der Waals surface area contributed by atoms with Crippen LogP contribution in [0.4, 0.5) is 5.95 Å². The number of fused-ring (bicyclic) bond motifs is 1. The van der Waals surface area contributed by atoms with E-state index >= 15 is 0 Å². The van der Waals surface area contributed by atoms with Crippen molar-refractivity contribution in [1.82, 2.24) is 19.9 Å². The highest BCUT2D eigenvalue weighted by Crippen LogP contribution is 2.27. The van der Waals surface area contributed by atoms with Crippen LogP contribution in [0.1, 0.15) is 35.7 Å². The Morgan fingerprint density at radius 3 is 3.04 bits per heavy atom. The van der Waals surface area contributed by atoms with Crippen molar-refractivity contribution in [3.63, 3.8) is 0 Å². The Balaban J connectivity index is 1.51. The molecule has 1 aliphatic rings. The molecular formula is C20H23N5O. The number of aryl methyl sites for hydroxylation is 1. The molecule has 1 aromatic carbocycles. The van der Waals surface area contributed by atoms with E-state index in [1.54, 1.807) is 6.20 Å². The lowest BCUT2D eigenvalue weighted by Crippen LogP contribution is -2.40. The van der Waals surface area contributed by atoms with Crippen LogP contribution in [0.25, 0.3) is 10.9 Å². The van der Waals surface area contributed by atoms with Gasteiger partial charge in [-0.05, 0) is 37.5 Å². The van der Waals surface area contributed by atoms with E-state index in [1.807, 2.05) is 36.1 Å². The van der Waals surface area contributed by atoms with Crippen molar-refractivity contribution in [2.75, 3.05) is 18.8 Å². The van der Waals surface area contributed by atoms with E-state index in [0.717, 1.165) is 47.2 Å². The second kappa shape index (κ2) is 6.78. The number of anilines is 1. The van der Waals surface area contributed by atoms with Gasteiger partial charge in [-0.1, -0.05) is 18.2 Å². The Hall–Kier alpha value is -2.89. The van der Waals surface area contributed by atoms with Crippen molar-refractivity contribution in [1.29, 1.82) is 0 Å². The number of amides is 1. The topological polar surface area (TPSA) is 87.9 Å². The Kier molecular flexibility index (Phi) is 4.32. The van der Waals surface area contributed by atoms with Gasteiger partial charge in [-0.25, -0.2) is 9.97 Å². The fourth-order valence-electron chi connectivity index (χ4n) is 3.89. The van der Waals surface area contributed by atoms with Crippen molar-refractivity contribution in [2.24, 2.45) is 0 Å². The Morgan fingerprint density at radius 2 is 2.19 bits per heavy atom. The molecule has 134 valence electrons. The first-order chi connectivity index (χ1) is 12.6. The minimum atomic E-state index is 0.171. The van der Waals surface area contributed by atoms with Crippen LogP contribution in [0.2, 0.25) is 0 Å². The number of piperidine rings is 1. The van der Waals surface area contributed by atoms with Gasteiger partial charge >= 0.3 is 0 Å². The molecule has 1 fully saturated rings. The third-order valence-electron chi connectivity index (χ3n) is 5.24. The van der Waals surface area contributed by atoms with Crippen molar-refractivity contribution >= 4 is 22.8 Å². The summed E-state index contributed by atoms with van der Waals surface area (Å²) >= 11 is 0. The second-order valence-electron chi connectivity index (χ2n) is 6.97. The summed E-state index contributed by atoms with van der Waals surface area (Å²) in [5.41, 5.74) is 9.89. The molecule has 0 spiro atoms. The van der Waals surface area contributed by atoms with Crippen molar-refractivity contribution in [3.8, 4) is 0 Å². The van der Waals surface area contributed by atoms with Crippen molar-refractivity contribution < 1.29 is 4.79 Å². The summed E-state index contributed by atoms with van der Waals surface area (Å²) in [6, 6.07) is 10.0. The van der Waals surface area contributed by atoms with Gasteiger partial charge in [0.05, 0.1) is 12.1 Å². The number of nitrogen functional groups attached to an aromatic ring is 1. The predicted octanol–water partition coefficient (Wildman–Crippen LogP) is 2.80. The van der Waals surface area contributed by atoms with Gasteiger partial charge in [0.15, 0.2) is 0 Å². The van der Waals surface area contributed by atoms with Gasteiger partial charge in [0.25, 0.3) is 0 Å². The SMILES string of the molecule is Cc1[nH]c2ccccc2c1CC(=O)N1CCCC(c2ccnc(N)n2)C1. The van der Waals surface area contributed by atoms with Crippen LogP contribution in [-0.4, -0.2) is 38.8 Å². The number of carbonyl (C=O) groups excluding carboxylic acids is 1. The molecule has 1 unspecified atom stereocenters. The summed E-state index contributed by atoms with van der Waals surface area (Å²) in [5, 5.41) is 1.13. The lowest BCUT2D eigenvalue weighted by molar-refractivity contribution is -0.131. The molecule has 1 amide bonds. The summed E-state index contributed by atoms with van der Waals surface area (Å²) < 4.78 is 0. The molecule has 3 N–H and O–H groups in total. The van der Waals surface area contributed by atoms with Gasteiger partial charge in [-0.15, -0.1) is 0 Å². The molecule has 6 nitrogen and oxygen atoms in total. The summed E-state index contributed by atoms with van der Waals surface area (Å²) in [4.78, 5) is 26.6. The minimum absolute atomic E-state index is 0.171. The van der Waals surface area contributed by atoms with Crippen LogP contribution in [0, 0.1) is 6.92 Å². The molecule has 0 radical (unpaired) electrons. The molecule has 4 rings (SSSR count). The molecule has 0 saturated carbocycles. The zero-order chi connectivity index (χ0) is 18.1. The quantitative estimate of drug-likeness (QED) is 0.761. The highest BCUT2D eigenvalue weighted by Gasteiger charge is 2.26. The van der Waals surface area contributed by atoms with Gasteiger partial charge in [0.1, 0.15) is 0 Å². The van der Waals surface area contributed by atoms with E-state index in [4.69, 9.17) is 5.73 Å². The van der Waals surface area contributed by atoms with Gasteiger partial charge in [0.2, 0.25) is 11.9 Å². The van der Waals surface area contributed by atoms with Crippen LogP contribution in [-0.2, 0) is 11.2 Å². The fraction of sp³-hybridized carbons (Fsp3) is 0.350. The smallest absolute Gasteiger partial charge is 0.227 e. The number of nitrogens with zero attached hydrogens (tertiary/aromatic N) is 3. The number of nitrogens with two attached hydrogens (primary N) is 1. The Labute approximate surface area is 152 Å². The first kappa shape index (κ1) is 16.6. The molecule has 2 aromatic heterocycles. The summed E-state index contributed by atoms with van der Waals surface area (Å²) in [7, 11) is 0. The number of hydrogen-bond acceptors (Lipinski definition) is 4. The van der Waals surface area contributed by atoms with Crippen LogP contribution >= 0.6 is 0 Å². The number of nitrogens with one attached hydrogen (secondary N) is 1. The zero-order valence-electron chi connectivity index (χ0n) is 14.9. The number of para-hydroxylation sites is 1. The monoisotopic (exact) mass is 349 g/mol. The van der Waals surface area contributed by atoms with Crippen LogP contribution < -0.4 is 5.73 Å². The summed E-state index contributed by atoms with van der Waals surface area (Å²) in [6.07, 6.45) is 4.11. The summed E-state index contributed by atoms with van der Waals surface area (Å²) in [5.74, 6) is 0.687. The van der Waals surface area contributed by atoms with Gasteiger partial charge in [-0.3, -0.25) is 4.79 Å². The maximum absolute atomic E-state index is 13.0. The maximum atomic E-state index is 13.0. The van der Waals surface area contributed by atoms with E-state index in [1.165, 1.54) is 0 Å². The van der Waals surface area contributed by atoms with E-state index in [9.17, 15) is 4.79 Å². The normalized spacial score (nSPS) is 17.6. The third-order valence-corrected chi connectivity index (χ3v) is 5.24. The van der Waals surface area contributed by atoms with Gasteiger partial charge in [-0.2, -0.15) is 0 Å².